The Hall–Kier alpha value is -3.29. The van der Waals surface area contributed by atoms with Gasteiger partial charge < -0.3 is 10.6 Å². The molecule has 2 atom stereocenters. The third-order valence-corrected chi connectivity index (χ3v) is 4.73. The molecule has 0 radical (unpaired) electrons. The van der Waals surface area contributed by atoms with Crippen LogP contribution in [0.4, 0.5) is 13.6 Å². The lowest BCUT2D eigenvalue weighted by atomic mass is 9.92. The van der Waals surface area contributed by atoms with E-state index in [0.717, 1.165) is 17.0 Å². The van der Waals surface area contributed by atoms with E-state index in [1.165, 1.54) is 13.0 Å². The Kier molecular flexibility index (Phi) is 5.13. The molecule has 6 nitrogen and oxygen atoms in total. The number of imide groups is 1. The van der Waals surface area contributed by atoms with E-state index in [1.807, 2.05) is 0 Å². The van der Waals surface area contributed by atoms with Crippen LogP contribution in [0.15, 0.2) is 48.5 Å². The number of hydrogen-bond donors (Lipinski definition) is 2. The van der Waals surface area contributed by atoms with Gasteiger partial charge in [0.25, 0.3) is 5.91 Å². The first-order chi connectivity index (χ1) is 13.2. The maximum Gasteiger partial charge on any atom is 0.325 e. The van der Waals surface area contributed by atoms with Crippen molar-refractivity contribution in [3.8, 4) is 0 Å². The van der Waals surface area contributed by atoms with Crippen LogP contribution in [0.3, 0.4) is 0 Å². The van der Waals surface area contributed by atoms with Gasteiger partial charge in [0, 0.05) is 11.6 Å². The largest absolute Gasteiger partial charge is 0.348 e. The standard InChI is InChI=1S/C20H19F2N3O3/c1-12(15-9-8-14(21)10-16(15)22)23-17(26)11-25-18(27)20(2,24-19(25)28)13-6-4-3-5-7-13/h3-10,12H,11H2,1-2H3,(H,23,26)(H,24,28)/t12-,20-/m0/s1. The van der Waals surface area contributed by atoms with E-state index in [-0.39, 0.29) is 5.56 Å². The molecule has 146 valence electrons. The molecule has 8 heteroatoms. The van der Waals surface area contributed by atoms with Crippen molar-refractivity contribution in [2.24, 2.45) is 0 Å². The second-order valence-electron chi connectivity index (χ2n) is 6.77. The molecule has 1 saturated heterocycles. The highest BCUT2D eigenvalue weighted by Crippen LogP contribution is 2.28. The first-order valence-electron chi connectivity index (χ1n) is 8.66. The average molecular weight is 387 g/mol. The van der Waals surface area contributed by atoms with Crippen LogP contribution in [-0.4, -0.2) is 29.3 Å². The fraction of sp³-hybridized carbons (Fsp3) is 0.250. The van der Waals surface area contributed by atoms with Crippen molar-refractivity contribution in [1.29, 1.82) is 0 Å². The van der Waals surface area contributed by atoms with E-state index in [2.05, 4.69) is 10.6 Å². The number of rotatable bonds is 5. The molecule has 2 aromatic carbocycles. The number of urea groups is 1. The Labute approximate surface area is 160 Å². The molecule has 0 unspecified atom stereocenters. The molecule has 0 aliphatic carbocycles. The number of benzene rings is 2. The third kappa shape index (κ3) is 3.58. The van der Waals surface area contributed by atoms with Crippen LogP contribution in [0.5, 0.6) is 0 Å². The van der Waals surface area contributed by atoms with Crippen LogP contribution in [0.25, 0.3) is 0 Å². The van der Waals surface area contributed by atoms with Crippen LogP contribution in [0.2, 0.25) is 0 Å². The highest BCUT2D eigenvalue weighted by Gasteiger charge is 2.49. The predicted octanol–water partition coefficient (Wildman–Crippen LogP) is 2.61. The van der Waals surface area contributed by atoms with Gasteiger partial charge in [-0.15, -0.1) is 0 Å². The van der Waals surface area contributed by atoms with Gasteiger partial charge in [0.1, 0.15) is 23.7 Å². The Balaban J connectivity index is 1.70. The van der Waals surface area contributed by atoms with Gasteiger partial charge in [-0.1, -0.05) is 36.4 Å². The zero-order valence-electron chi connectivity index (χ0n) is 15.3. The number of nitrogens with one attached hydrogen (secondary N) is 2. The van der Waals surface area contributed by atoms with Gasteiger partial charge in [-0.25, -0.2) is 13.6 Å². The van der Waals surface area contributed by atoms with Gasteiger partial charge in [-0.05, 0) is 25.5 Å². The second kappa shape index (κ2) is 7.38. The molecule has 0 bridgehead atoms. The van der Waals surface area contributed by atoms with Gasteiger partial charge in [-0.2, -0.15) is 0 Å². The minimum atomic E-state index is -1.27. The molecule has 2 N–H and O–H groups in total. The zero-order valence-corrected chi connectivity index (χ0v) is 15.3. The minimum absolute atomic E-state index is 0.0982. The summed E-state index contributed by atoms with van der Waals surface area (Å²) >= 11 is 0. The monoisotopic (exact) mass is 387 g/mol. The lowest BCUT2D eigenvalue weighted by molar-refractivity contribution is -0.135. The maximum absolute atomic E-state index is 13.8. The summed E-state index contributed by atoms with van der Waals surface area (Å²) in [6, 6.07) is 10.3. The molecule has 0 aromatic heterocycles. The van der Waals surface area contributed by atoms with Crippen LogP contribution in [0, 0.1) is 11.6 Å². The van der Waals surface area contributed by atoms with Gasteiger partial charge in [0.2, 0.25) is 5.91 Å². The molecule has 1 fully saturated rings. The van der Waals surface area contributed by atoms with Crippen LogP contribution >= 0.6 is 0 Å². The molecule has 3 rings (SSSR count). The summed E-state index contributed by atoms with van der Waals surface area (Å²) in [5.41, 5.74) is -0.577. The van der Waals surface area contributed by atoms with E-state index in [4.69, 9.17) is 0 Å². The van der Waals surface area contributed by atoms with E-state index in [9.17, 15) is 23.2 Å². The van der Waals surface area contributed by atoms with E-state index >= 15 is 0 Å². The van der Waals surface area contributed by atoms with Gasteiger partial charge in [0.15, 0.2) is 0 Å². The third-order valence-electron chi connectivity index (χ3n) is 4.73. The summed E-state index contributed by atoms with van der Waals surface area (Å²) in [5, 5.41) is 5.12. The SMILES string of the molecule is C[C@H](NC(=O)CN1C(=O)N[C@@](C)(c2ccccc2)C1=O)c1ccc(F)cc1F. The molecule has 2 aromatic rings. The van der Waals surface area contributed by atoms with Crippen LogP contribution in [0.1, 0.15) is 31.0 Å². The molecule has 0 saturated carbocycles. The van der Waals surface area contributed by atoms with Crippen molar-refractivity contribution < 1.29 is 23.2 Å². The number of halogens is 2. The van der Waals surface area contributed by atoms with Crippen molar-refractivity contribution in [2.75, 3.05) is 6.54 Å². The first kappa shape index (κ1) is 19.5. The highest BCUT2D eigenvalue weighted by molar-refractivity contribution is 6.09. The normalized spacial score (nSPS) is 20.1. The summed E-state index contributed by atoms with van der Waals surface area (Å²) in [7, 11) is 0. The molecule has 4 amide bonds. The number of amides is 4. The van der Waals surface area contributed by atoms with Gasteiger partial charge in [-0.3, -0.25) is 14.5 Å². The summed E-state index contributed by atoms with van der Waals surface area (Å²) < 4.78 is 26.9. The molecule has 1 aliphatic rings. The van der Waals surface area contributed by atoms with E-state index in [1.54, 1.807) is 37.3 Å². The number of carbonyl (C=O) groups excluding carboxylic acids is 3. The van der Waals surface area contributed by atoms with Gasteiger partial charge in [0.05, 0.1) is 6.04 Å². The fourth-order valence-corrected chi connectivity index (χ4v) is 3.17. The average Bonchev–Trinajstić information content (AvgIpc) is 2.86. The predicted molar refractivity (Wildman–Crippen MR) is 97.0 cm³/mol. The quantitative estimate of drug-likeness (QED) is 0.774. The van der Waals surface area contributed by atoms with Crippen molar-refractivity contribution in [3.63, 3.8) is 0 Å². The molecule has 1 heterocycles. The Bertz CT molecular complexity index is 936. The number of carbonyl (C=O) groups is 3. The van der Waals surface area contributed by atoms with E-state index in [0.29, 0.717) is 5.56 Å². The topological polar surface area (TPSA) is 78.5 Å². The summed E-state index contributed by atoms with van der Waals surface area (Å²) in [6.07, 6.45) is 0. The Morgan fingerprint density at radius 3 is 2.50 bits per heavy atom. The summed E-state index contributed by atoms with van der Waals surface area (Å²) in [5.74, 6) is -2.71. The zero-order chi connectivity index (χ0) is 20.5. The minimum Gasteiger partial charge on any atom is -0.348 e. The lowest BCUT2D eigenvalue weighted by Crippen LogP contribution is -2.43. The van der Waals surface area contributed by atoms with E-state index < -0.39 is 47.6 Å². The Morgan fingerprint density at radius 2 is 1.86 bits per heavy atom. The van der Waals surface area contributed by atoms with Crippen molar-refractivity contribution >= 4 is 17.8 Å². The molecule has 1 aliphatic heterocycles. The lowest BCUT2D eigenvalue weighted by Gasteiger charge is -2.22. The smallest absolute Gasteiger partial charge is 0.325 e. The molecule has 0 spiro atoms. The first-order valence-corrected chi connectivity index (χ1v) is 8.66. The molecular formula is C20H19F2N3O3. The van der Waals surface area contributed by atoms with Crippen molar-refractivity contribution in [2.45, 2.75) is 25.4 Å². The Morgan fingerprint density at radius 1 is 1.18 bits per heavy atom. The van der Waals surface area contributed by atoms with Gasteiger partial charge >= 0.3 is 6.03 Å². The second-order valence-corrected chi connectivity index (χ2v) is 6.77. The molecular weight excluding hydrogens is 368 g/mol. The summed E-state index contributed by atoms with van der Waals surface area (Å²) in [6.45, 7) is 2.57. The molecule has 28 heavy (non-hydrogen) atoms. The maximum atomic E-state index is 13.8. The van der Waals surface area contributed by atoms with Crippen molar-refractivity contribution in [1.82, 2.24) is 15.5 Å². The summed E-state index contributed by atoms with van der Waals surface area (Å²) in [4.78, 5) is 38.2. The highest BCUT2D eigenvalue weighted by atomic mass is 19.1. The number of hydrogen-bond acceptors (Lipinski definition) is 3. The van der Waals surface area contributed by atoms with Crippen LogP contribution < -0.4 is 10.6 Å². The fourth-order valence-electron chi connectivity index (χ4n) is 3.17. The number of nitrogens with zero attached hydrogens (tertiary/aromatic N) is 1. The van der Waals surface area contributed by atoms with Crippen LogP contribution in [-0.2, 0) is 15.1 Å². The van der Waals surface area contributed by atoms with Crippen molar-refractivity contribution in [3.05, 3.63) is 71.3 Å².